The van der Waals surface area contributed by atoms with Crippen molar-refractivity contribution in [3.63, 3.8) is 0 Å². The Kier molecular flexibility index (Phi) is 6.32. The summed E-state index contributed by atoms with van der Waals surface area (Å²) in [5, 5.41) is 3.04. The summed E-state index contributed by atoms with van der Waals surface area (Å²) >= 11 is 0. The summed E-state index contributed by atoms with van der Waals surface area (Å²) in [7, 11) is 1.64. The number of methoxy groups -OCH3 is 1. The molecule has 5 nitrogen and oxygen atoms in total. The molecule has 2 amide bonds. The number of nitrogens with one attached hydrogen (secondary N) is 1. The minimum Gasteiger partial charge on any atom is -0.497 e. The van der Waals surface area contributed by atoms with E-state index >= 15 is 0 Å². The van der Waals surface area contributed by atoms with E-state index in [0.717, 1.165) is 22.4 Å². The molecule has 1 atom stereocenters. The number of amides is 2. The molecule has 0 aromatic heterocycles. The second-order valence-corrected chi connectivity index (χ2v) is 7.68. The average molecular weight is 415 g/mol. The molecule has 3 aromatic rings. The van der Waals surface area contributed by atoms with Gasteiger partial charge in [-0.05, 0) is 41.3 Å². The molecule has 1 N–H and O–H groups in total. The number of carbonyl (C=O) groups excluding carboxylic acids is 2. The minimum absolute atomic E-state index is 0.0816. The maximum absolute atomic E-state index is 13.2. The highest BCUT2D eigenvalue weighted by Gasteiger charge is 2.36. The van der Waals surface area contributed by atoms with Gasteiger partial charge in [-0.2, -0.15) is 0 Å². The summed E-state index contributed by atoms with van der Waals surface area (Å²) in [6, 6.07) is 24.7. The molecule has 158 valence electrons. The molecule has 1 heterocycles. The summed E-state index contributed by atoms with van der Waals surface area (Å²) in [4.78, 5) is 27.9. The number of hydrogen-bond acceptors (Lipinski definition) is 3. The Bertz CT molecular complexity index is 1050. The van der Waals surface area contributed by atoms with Crippen molar-refractivity contribution in [1.29, 1.82) is 0 Å². The number of fused-ring (bicyclic) bond motifs is 1. The van der Waals surface area contributed by atoms with Crippen molar-refractivity contribution in [2.45, 2.75) is 25.4 Å². The topological polar surface area (TPSA) is 58.6 Å². The number of nitrogens with zero attached hydrogens (tertiary/aromatic N) is 1. The second kappa shape index (κ2) is 9.47. The van der Waals surface area contributed by atoms with Gasteiger partial charge in [0.1, 0.15) is 11.8 Å². The molecule has 0 saturated heterocycles. The molecule has 5 heteroatoms. The highest BCUT2D eigenvalue weighted by Crippen LogP contribution is 2.26. The van der Waals surface area contributed by atoms with E-state index in [4.69, 9.17) is 4.74 Å². The third-order valence-electron chi connectivity index (χ3n) is 5.67. The lowest BCUT2D eigenvalue weighted by Gasteiger charge is -2.27. The molecule has 4 rings (SSSR count). The molecule has 0 aliphatic carbocycles. The number of hydrogen-bond donors (Lipinski definition) is 1. The molecule has 1 unspecified atom stereocenters. The molecule has 3 aromatic carbocycles. The average Bonchev–Trinajstić information content (AvgIpc) is 3.15. The fourth-order valence-electron chi connectivity index (χ4n) is 3.95. The highest BCUT2D eigenvalue weighted by atomic mass is 16.5. The third kappa shape index (κ3) is 4.77. The van der Waals surface area contributed by atoms with Crippen molar-refractivity contribution >= 4 is 11.8 Å². The van der Waals surface area contributed by atoms with E-state index in [1.807, 2.05) is 78.9 Å². The maximum Gasteiger partial charge on any atom is 0.255 e. The smallest absolute Gasteiger partial charge is 0.255 e. The first-order chi connectivity index (χ1) is 15.2. The Hall–Kier alpha value is -3.60. The fourth-order valence-corrected chi connectivity index (χ4v) is 3.95. The van der Waals surface area contributed by atoms with Gasteiger partial charge in [0.25, 0.3) is 5.91 Å². The zero-order valence-electron chi connectivity index (χ0n) is 17.6. The van der Waals surface area contributed by atoms with Gasteiger partial charge in [-0.1, -0.05) is 60.7 Å². The predicted octanol–water partition coefficient (Wildman–Crippen LogP) is 3.62. The fraction of sp³-hybridized carbons (Fsp3) is 0.231. The lowest BCUT2D eigenvalue weighted by Crippen LogP contribution is -2.48. The van der Waals surface area contributed by atoms with Gasteiger partial charge in [0.2, 0.25) is 5.91 Å². The van der Waals surface area contributed by atoms with Gasteiger partial charge in [-0.25, -0.2) is 0 Å². The Morgan fingerprint density at radius 1 is 0.968 bits per heavy atom. The Morgan fingerprint density at radius 2 is 1.68 bits per heavy atom. The van der Waals surface area contributed by atoms with E-state index in [0.29, 0.717) is 31.5 Å². The van der Waals surface area contributed by atoms with E-state index in [1.165, 1.54) is 0 Å². The van der Waals surface area contributed by atoms with E-state index in [-0.39, 0.29) is 11.8 Å². The van der Waals surface area contributed by atoms with Crippen LogP contribution in [0.15, 0.2) is 78.9 Å². The van der Waals surface area contributed by atoms with Gasteiger partial charge in [-0.3, -0.25) is 9.59 Å². The first kappa shape index (κ1) is 20.7. The van der Waals surface area contributed by atoms with Crippen molar-refractivity contribution in [1.82, 2.24) is 10.2 Å². The van der Waals surface area contributed by atoms with Crippen LogP contribution in [-0.2, 0) is 24.2 Å². The number of ether oxygens (including phenoxy) is 1. The minimum atomic E-state index is -0.557. The zero-order valence-corrected chi connectivity index (χ0v) is 17.6. The molecule has 0 spiro atoms. The second-order valence-electron chi connectivity index (χ2n) is 7.68. The van der Waals surface area contributed by atoms with Crippen LogP contribution < -0.4 is 10.1 Å². The molecule has 1 aliphatic rings. The van der Waals surface area contributed by atoms with Gasteiger partial charge < -0.3 is 15.0 Å². The van der Waals surface area contributed by atoms with Gasteiger partial charge >= 0.3 is 0 Å². The van der Waals surface area contributed by atoms with E-state index in [1.54, 1.807) is 12.0 Å². The lowest BCUT2D eigenvalue weighted by molar-refractivity contribution is -0.125. The van der Waals surface area contributed by atoms with Gasteiger partial charge in [0, 0.05) is 25.1 Å². The third-order valence-corrected chi connectivity index (χ3v) is 5.67. The summed E-state index contributed by atoms with van der Waals surface area (Å²) in [5.74, 6) is 0.600. The zero-order chi connectivity index (χ0) is 21.6. The summed E-state index contributed by atoms with van der Waals surface area (Å²) < 4.78 is 5.19. The standard InChI is InChI=1S/C26H26N2O3/c1-31-22-13-11-19(12-14-22)15-16-27-25(29)24(17-20-7-3-2-4-8-20)28-18-21-9-5-6-10-23(21)26(28)30/h2-14,24H,15-18H2,1H3,(H,27,29). The van der Waals surface area contributed by atoms with Crippen LogP contribution in [0.3, 0.4) is 0 Å². The van der Waals surface area contributed by atoms with Crippen molar-refractivity contribution in [3.05, 3.63) is 101 Å². The largest absolute Gasteiger partial charge is 0.497 e. The number of rotatable bonds is 8. The Balaban J connectivity index is 1.46. The van der Waals surface area contributed by atoms with Crippen LogP contribution in [0.2, 0.25) is 0 Å². The van der Waals surface area contributed by atoms with Crippen LogP contribution in [0, 0.1) is 0 Å². The molecule has 0 bridgehead atoms. The summed E-state index contributed by atoms with van der Waals surface area (Å²) in [6.07, 6.45) is 1.19. The normalized spacial score (nSPS) is 13.6. The van der Waals surface area contributed by atoms with Gasteiger partial charge in [0.15, 0.2) is 0 Å². The monoisotopic (exact) mass is 414 g/mol. The molecule has 0 fully saturated rings. The lowest BCUT2D eigenvalue weighted by atomic mass is 10.0. The van der Waals surface area contributed by atoms with Crippen LogP contribution in [0.4, 0.5) is 0 Å². The van der Waals surface area contributed by atoms with Crippen molar-refractivity contribution in [2.24, 2.45) is 0 Å². The van der Waals surface area contributed by atoms with Crippen molar-refractivity contribution < 1.29 is 14.3 Å². The van der Waals surface area contributed by atoms with Crippen molar-refractivity contribution in [3.8, 4) is 5.75 Å². The summed E-state index contributed by atoms with van der Waals surface area (Å²) in [6.45, 7) is 0.962. The van der Waals surface area contributed by atoms with Gasteiger partial charge in [-0.15, -0.1) is 0 Å². The van der Waals surface area contributed by atoms with Crippen LogP contribution in [0.25, 0.3) is 0 Å². The van der Waals surface area contributed by atoms with E-state index < -0.39 is 6.04 Å². The van der Waals surface area contributed by atoms with E-state index in [2.05, 4.69) is 5.32 Å². The maximum atomic E-state index is 13.2. The first-order valence-corrected chi connectivity index (χ1v) is 10.5. The van der Waals surface area contributed by atoms with Crippen molar-refractivity contribution in [2.75, 3.05) is 13.7 Å². The first-order valence-electron chi connectivity index (χ1n) is 10.5. The Morgan fingerprint density at radius 3 is 2.39 bits per heavy atom. The van der Waals surface area contributed by atoms with Crippen LogP contribution >= 0.6 is 0 Å². The molecular formula is C26H26N2O3. The molecule has 31 heavy (non-hydrogen) atoms. The molecular weight excluding hydrogens is 388 g/mol. The molecule has 1 aliphatic heterocycles. The predicted molar refractivity (Wildman–Crippen MR) is 120 cm³/mol. The highest BCUT2D eigenvalue weighted by molar-refractivity contribution is 6.01. The molecule has 0 saturated carbocycles. The Labute approximate surface area is 182 Å². The van der Waals surface area contributed by atoms with E-state index in [9.17, 15) is 9.59 Å². The SMILES string of the molecule is COc1ccc(CCNC(=O)C(Cc2ccccc2)N2Cc3ccccc3C2=O)cc1. The number of benzene rings is 3. The van der Waals surface area contributed by atoms with Crippen LogP contribution in [0.5, 0.6) is 5.75 Å². The van der Waals surface area contributed by atoms with Crippen LogP contribution in [0.1, 0.15) is 27.0 Å². The number of carbonyl (C=O) groups is 2. The molecule has 0 radical (unpaired) electrons. The quantitative estimate of drug-likeness (QED) is 0.613. The van der Waals surface area contributed by atoms with Gasteiger partial charge in [0.05, 0.1) is 7.11 Å². The van der Waals surface area contributed by atoms with Crippen LogP contribution in [-0.4, -0.2) is 36.4 Å². The summed E-state index contributed by atoms with van der Waals surface area (Å²) in [5.41, 5.74) is 3.80.